The second kappa shape index (κ2) is 5.60. The first-order valence-corrected chi connectivity index (χ1v) is 6.09. The van der Waals surface area contributed by atoms with Crippen LogP contribution in [0.1, 0.15) is 41.7 Å². The van der Waals surface area contributed by atoms with E-state index in [2.05, 4.69) is 45.5 Å². The first kappa shape index (κ1) is 13.4. The zero-order valence-electron chi connectivity index (χ0n) is 10.4. The molecule has 0 aliphatic carbocycles. The van der Waals surface area contributed by atoms with Crippen molar-refractivity contribution in [2.75, 3.05) is 13.7 Å². The smallest absolute Gasteiger partial charge is 0.122 e. The molecule has 1 unspecified atom stereocenters. The van der Waals surface area contributed by atoms with E-state index in [9.17, 15) is 0 Å². The highest BCUT2D eigenvalue weighted by Crippen LogP contribution is 2.33. The van der Waals surface area contributed by atoms with E-state index >= 15 is 0 Å². The molecule has 0 spiro atoms. The van der Waals surface area contributed by atoms with E-state index in [1.807, 2.05) is 0 Å². The van der Waals surface area contributed by atoms with Gasteiger partial charge in [-0.05, 0) is 35.6 Å². The molecule has 90 valence electrons. The Labute approximate surface area is 104 Å². The van der Waals surface area contributed by atoms with Crippen LogP contribution in [0, 0.1) is 6.92 Å². The third-order valence-corrected chi connectivity index (χ3v) is 3.31. The normalized spacial score (nSPS) is 12.9. The highest BCUT2D eigenvalue weighted by atomic mass is 32.1. The fourth-order valence-corrected chi connectivity index (χ4v) is 2.11. The predicted molar refractivity (Wildman–Crippen MR) is 72.6 cm³/mol. The SMILES string of the molecule is COc1cc(C)c(C(S)CN)cc1C(C)C. The van der Waals surface area contributed by atoms with Crippen LogP contribution in [0.5, 0.6) is 5.75 Å². The van der Waals surface area contributed by atoms with E-state index in [1.54, 1.807) is 7.11 Å². The summed E-state index contributed by atoms with van der Waals surface area (Å²) < 4.78 is 5.40. The summed E-state index contributed by atoms with van der Waals surface area (Å²) in [6.07, 6.45) is 0. The summed E-state index contributed by atoms with van der Waals surface area (Å²) in [4.78, 5) is 0. The first-order chi connectivity index (χ1) is 7.51. The van der Waals surface area contributed by atoms with Crippen molar-refractivity contribution in [3.8, 4) is 5.75 Å². The van der Waals surface area contributed by atoms with Crippen molar-refractivity contribution in [1.82, 2.24) is 0 Å². The molecule has 0 amide bonds. The monoisotopic (exact) mass is 239 g/mol. The van der Waals surface area contributed by atoms with Gasteiger partial charge in [0.1, 0.15) is 5.75 Å². The van der Waals surface area contributed by atoms with Crippen LogP contribution >= 0.6 is 12.6 Å². The highest BCUT2D eigenvalue weighted by Gasteiger charge is 2.14. The third kappa shape index (κ3) is 2.71. The molecule has 0 saturated carbocycles. The van der Waals surface area contributed by atoms with Crippen LogP contribution in [0.4, 0.5) is 0 Å². The van der Waals surface area contributed by atoms with Gasteiger partial charge < -0.3 is 10.5 Å². The molecule has 1 rings (SSSR count). The van der Waals surface area contributed by atoms with E-state index in [1.165, 1.54) is 16.7 Å². The summed E-state index contributed by atoms with van der Waals surface area (Å²) in [5, 5.41) is 0.100. The number of ether oxygens (including phenoxy) is 1. The van der Waals surface area contributed by atoms with E-state index in [0.29, 0.717) is 12.5 Å². The van der Waals surface area contributed by atoms with Gasteiger partial charge in [0.25, 0.3) is 0 Å². The van der Waals surface area contributed by atoms with Crippen LogP contribution in [-0.2, 0) is 0 Å². The Morgan fingerprint density at radius 1 is 1.31 bits per heavy atom. The zero-order valence-corrected chi connectivity index (χ0v) is 11.3. The number of aryl methyl sites for hydroxylation is 1. The quantitative estimate of drug-likeness (QED) is 0.792. The second-order valence-corrected chi connectivity index (χ2v) is 4.98. The van der Waals surface area contributed by atoms with Crippen molar-refractivity contribution in [3.05, 3.63) is 28.8 Å². The minimum absolute atomic E-state index is 0.100. The van der Waals surface area contributed by atoms with Gasteiger partial charge >= 0.3 is 0 Å². The largest absolute Gasteiger partial charge is 0.496 e. The fourth-order valence-electron chi connectivity index (χ4n) is 1.83. The van der Waals surface area contributed by atoms with Crippen LogP contribution in [0.3, 0.4) is 0 Å². The molecule has 1 aromatic rings. The molecule has 0 aromatic heterocycles. The van der Waals surface area contributed by atoms with Gasteiger partial charge in [-0.1, -0.05) is 19.9 Å². The molecule has 16 heavy (non-hydrogen) atoms. The maximum atomic E-state index is 5.66. The highest BCUT2D eigenvalue weighted by molar-refractivity contribution is 7.80. The number of thiol groups is 1. The standard InChI is InChI=1S/C13H21NOS/c1-8(2)10-6-11(13(16)7-14)9(3)5-12(10)15-4/h5-6,8,13,16H,7,14H2,1-4H3. The second-order valence-electron chi connectivity index (χ2n) is 4.36. The summed E-state index contributed by atoms with van der Waals surface area (Å²) in [7, 11) is 1.71. The molecule has 0 fully saturated rings. The molecule has 0 radical (unpaired) electrons. The van der Waals surface area contributed by atoms with Gasteiger partial charge in [-0.3, -0.25) is 0 Å². The summed E-state index contributed by atoms with van der Waals surface area (Å²) >= 11 is 4.50. The maximum Gasteiger partial charge on any atom is 0.122 e. The van der Waals surface area contributed by atoms with Crippen molar-refractivity contribution < 1.29 is 4.74 Å². The number of benzene rings is 1. The van der Waals surface area contributed by atoms with Gasteiger partial charge in [-0.25, -0.2) is 0 Å². The van der Waals surface area contributed by atoms with E-state index in [4.69, 9.17) is 10.5 Å². The number of methoxy groups -OCH3 is 1. The zero-order chi connectivity index (χ0) is 12.3. The molecule has 0 aliphatic heterocycles. The van der Waals surface area contributed by atoms with Crippen LogP contribution in [0.15, 0.2) is 12.1 Å². The van der Waals surface area contributed by atoms with Crippen LogP contribution in [-0.4, -0.2) is 13.7 Å². The lowest BCUT2D eigenvalue weighted by atomic mass is 9.95. The Hall–Kier alpha value is -0.670. The van der Waals surface area contributed by atoms with Crippen LogP contribution in [0.2, 0.25) is 0 Å². The predicted octanol–water partition coefficient (Wildman–Crippen LogP) is 3.06. The van der Waals surface area contributed by atoms with Gasteiger partial charge in [-0.15, -0.1) is 0 Å². The topological polar surface area (TPSA) is 35.2 Å². The number of rotatable bonds is 4. The summed E-state index contributed by atoms with van der Waals surface area (Å²) in [5.74, 6) is 1.39. The van der Waals surface area contributed by atoms with Crippen molar-refractivity contribution in [2.45, 2.75) is 31.9 Å². The van der Waals surface area contributed by atoms with Gasteiger partial charge in [-0.2, -0.15) is 12.6 Å². The molecule has 2 N–H and O–H groups in total. The van der Waals surface area contributed by atoms with Gasteiger partial charge in [0.15, 0.2) is 0 Å². The summed E-state index contributed by atoms with van der Waals surface area (Å²) in [6.45, 7) is 6.94. The Kier molecular flexibility index (Phi) is 4.69. The van der Waals surface area contributed by atoms with Gasteiger partial charge in [0, 0.05) is 11.8 Å². The molecular formula is C13H21NOS. The molecule has 0 heterocycles. The van der Waals surface area contributed by atoms with Gasteiger partial charge in [0.2, 0.25) is 0 Å². The Balaban J connectivity index is 3.27. The van der Waals surface area contributed by atoms with E-state index in [0.717, 1.165) is 5.75 Å². The maximum absolute atomic E-state index is 5.66. The molecule has 0 saturated heterocycles. The summed E-state index contributed by atoms with van der Waals surface area (Å²) in [6, 6.07) is 4.24. The Bertz CT molecular complexity index is 363. The lowest BCUT2D eigenvalue weighted by Crippen LogP contribution is -2.09. The molecule has 1 atom stereocenters. The lowest BCUT2D eigenvalue weighted by Gasteiger charge is -2.18. The fraction of sp³-hybridized carbons (Fsp3) is 0.538. The van der Waals surface area contributed by atoms with E-state index in [-0.39, 0.29) is 5.25 Å². The van der Waals surface area contributed by atoms with Gasteiger partial charge in [0.05, 0.1) is 7.11 Å². The molecule has 0 bridgehead atoms. The van der Waals surface area contributed by atoms with Crippen molar-refractivity contribution >= 4 is 12.6 Å². The van der Waals surface area contributed by atoms with Crippen molar-refractivity contribution in [2.24, 2.45) is 5.73 Å². The Morgan fingerprint density at radius 3 is 2.38 bits per heavy atom. The lowest BCUT2D eigenvalue weighted by molar-refractivity contribution is 0.407. The number of hydrogen-bond acceptors (Lipinski definition) is 3. The van der Waals surface area contributed by atoms with Crippen LogP contribution in [0.25, 0.3) is 0 Å². The van der Waals surface area contributed by atoms with Crippen molar-refractivity contribution in [1.29, 1.82) is 0 Å². The first-order valence-electron chi connectivity index (χ1n) is 5.57. The molecule has 1 aromatic carbocycles. The average Bonchev–Trinajstić information content (AvgIpc) is 2.27. The van der Waals surface area contributed by atoms with Crippen molar-refractivity contribution in [3.63, 3.8) is 0 Å². The van der Waals surface area contributed by atoms with Crippen LogP contribution < -0.4 is 10.5 Å². The summed E-state index contributed by atoms with van der Waals surface area (Å²) in [5.41, 5.74) is 9.27. The number of nitrogens with two attached hydrogens (primary N) is 1. The Morgan fingerprint density at radius 2 is 1.94 bits per heavy atom. The third-order valence-electron chi connectivity index (χ3n) is 2.82. The minimum Gasteiger partial charge on any atom is -0.496 e. The number of hydrogen-bond donors (Lipinski definition) is 2. The van der Waals surface area contributed by atoms with E-state index < -0.39 is 0 Å². The molecule has 3 heteroatoms. The minimum atomic E-state index is 0.100. The molecule has 0 aliphatic rings. The average molecular weight is 239 g/mol. The molecule has 2 nitrogen and oxygen atoms in total. The molecular weight excluding hydrogens is 218 g/mol.